The van der Waals surface area contributed by atoms with E-state index in [0.29, 0.717) is 0 Å². The zero-order valence-corrected chi connectivity index (χ0v) is 57.0. The lowest BCUT2D eigenvalue weighted by Crippen LogP contribution is -2.61. The third-order valence-electron chi connectivity index (χ3n) is 24.0. The predicted molar refractivity (Wildman–Crippen MR) is 435 cm³/mol. The summed E-state index contributed by atoms with van der Waals surface area (Å²) in [6.45, 7) is 4.59. The van der Waals surface area contributed by atoms with E-state index in [2.05, 4.69) is 324 Å². The van der Waals surface area contributed by atoms with Crippen molar-refractivity contribution in [1.82, 2.24) is 4.57 Å². The van der Waals surface area contributed by atoms with Gasteiger partial charge in [0.2, 0.25) is 0 Å². The van der Waals surface area contributed by atoms with E-state index in [1.54, 1.807) is 0 Å². The largest absolute Gasteiger partial charge is 0.453 e. The van der Waals surface area contributed by atoms with Crippen molar-refractivity contribution in [3.05, 3.63) is 302 Å². The van der Waals surface area contributed by atoms with Crippen LogP contribution in [-0.2, 0) is 5.41 Å². The molecule has 3 aromatic heterocycles. The number of hydrogen-bond donors (Lipinski definition) is 0. The Hall–Kier alpha value is -12.1. The first-order valence-corrected chi connectivity index (χ1v) is 37.1. The van der Waals surface area contributed by atoms with Crippen LogP contribution in [-0.4, -0.2) is 18.3 Å². The van der Waals surface area contributed by atoms with Gasteiger partial charge in [0.25, 0.3) is 0 Å². The summed E-state index contributed by atoms with van der Waals surface area (Å²) in [4.78, 5) is 7.90. The molecule has 0 unspecified atom stereocenters. The SMILES string of the molecule is CC1(C)c2ccc(-c3ccc4c5c6c(cc4c3)N3c4ccccc4Oc4cccc(c43)B6N(c3ccc4sc6ccccc6c4c3)c3cc4ccccc4cc3-5)cc2-c2ccc(N3B4c5c(cc6ccccc6c5-n5c6c4cccc6c4sc6ccccc6c45)-c4cc5ccccc5cc43)cc21. The minimum absolute atomic E-state index is 0.112. The highest BCUT2D eigenvalue weighted by Gasteiger charge is 2.50. The number of thiophene rings is 2. The lowest BCUT2D eigenvalue weighted by atomic mass is 9.43. The van der Waals surface area contributed by atoms with Crippen LogP contribution in [0, 0.1) is 0 Å². The minimum atomic E-state index is -0.298. The highest BCUT2D eigenvalue weighted by Crippen LogP contribution is 2.58. The van der Waals surface area contributed by atoms with Crippen molar-refractivity contribution >= 4 is 192 Å². The van der Waals surface area contributed by atoms with E-state index < -0.39 is 0 Å². The number of hydrogen-bond acceptors (Lipinski definition) is 6. The average Bonchev–Trinajstić information content (AvgIpc) is 1.20. The molecule has 0 bridgehead atoms. The first-order valence-electron chi connectivity index (χ1n) is 35.5. The van der Waals surface area contributed by atoms with Gasteiger partial charge in [0, 0.05) is 86.0 Å². The van der Waals surface area contributed by atoms with Gasteiger partial charge in [-0.15, -0.1) is 22.7 Å². The summed E-state index contributed by atoms with van der Waals surface area (Å²) in [5.74, 6) is 1.71. The summed E-state index contributed by atoms with van der Waals surface area (Å²) >= 11 is 3.80. The molecule has 5 aliphatic heterocycles. The fourth-order valence-electron chi connectivity index (χ4n) is 19.6. The third-order valence-corrected chi connectivity index (χ3v) is 26.3. The lowest BCUT2D eigenvalue weighted by molar-refractivity contribution is 0.477. The Morgan fingerprint density at radius 3 is 1.77 bits per heavy atom. The van der Waals surface area contributed by atoms with Gasteiger partial charge < -0.3 is 23.8 Å². The quantitative estimate of drug-likeness (QED) is 0.165. The van der Waals surface area contributed by atoms with Crippen molar-refractivity contribution in [2.24, 2.45) is 0 Å². The molecule has 5 nitrogen and oxygen atoms in total. The maximum absolute atomic E-state index is 6.97. The van der Waals surface area contributed by atoms with E-state index >= 15 is 0 Å². The highest BCUT2D eigenvalue weighted by atomic mass is 32.1. The van der Waals surface area contributed by atoms with Crippen LogP contribution < -0.4 is 41.1 Å². The number of rotatable bonds is 3. The van der Waals surface area contributed by atoms with Crippen molar-refractivity contribution < 1.29 is 4.74 Å². The van der Waals surface area contributed by atoms with Gasteiger partial charge in [0.05, 0.1) is 32.8 Å². The number of benzene rings is 16. The van der Waals surface area contributed by atoms with Gasteiger partial charge >= 0.3 is 13.7 Å². The molecule has 0 spiro atoms. The fraction of sp³-hybridized carbons (Fsp3) is 0.0323. The molecule has 0 amide bonds. The molecule has 6 aliphatic rings. The molecule has 102 heavy (non-hydrogen) atoms. The van der Waals surface area contributed by atoms with Crippen LogP contribution in [0.3, 0.4) is 0 Å². The minimum Gasteiger partial charge on any atom is -0.453 e. The zero-order valence-electron chi connectivity index (χ0n) is 55.4. The normalized spacial score (nSPS) is 14.4. The second-order valence-electron chi connectivity index (χ2n) is 29.4. The van der Waals surface area contributed by atoms with Gasteiger partial charge in [-0.3, -0.25) is 0 Å². The molecule has 1 aliphatic carbocycles. The van der Waals surface area contributed by atoms with Crippen molar-refractivity contribution in [2.45, 2.75) is 19.3 Å². The molecule has 0 N–H and O–H groups in total. The lowest BCUT2D eigenvalue weighted by Gasteiger charge is -2.47. The number of ether oxygens (including phenoxy) is 1. The molecule has 9 heteroatoms. The second kappa shape index (κ2) is 19.2. The van der Waals surface area contributed by atoms with Crippen molar-refractivity contribution in [3.63, 3.8) is 0 Å². The van der Waals surface area contributed by atoms with E-state index in [-0.39, 0.29) is 19.1 Å². The number of aromatic nitrogens is 1. The molecule has 25 rings (SSSR count). The van der Waals surface area contributed by atoms with E-state index in [4.69, 9.17) is 4.74 Å². The van der Waals surface area contributed by atoms with Gasteiger partial charge in [-0.2, -0.15) is 0 Å². The van der Waals surface area contributed by atoms with Crippen molar-refractivity contribution in [1.29, 1.82) is 0 Å². The van der Waals surface area contributed by atoms with Crippen LogP contribution in [0.2, 0.25) is 0 Å². The smallest absolute Gasteiger partial charge is 0.333 e. The van der Waals surface area contributed by atoms with Crippen molar-refractivity contribution in [2.75, 3.05) is 14.5 Å². The van der Waals surface area contributed by atoms with E-state index in [1.165, 1.54) is 200 Å². The Balaban J connectivity index is 0.680. The maximum atomic E-state index is 6.97. The average molecular weight is 1330 g/mol. The Morgan fingerprint density at radius 2 is 0.941 bits per heavy atom. The van der Waals surface area contributed by atoms with Gasteiger partial charge in [-0.25, -0.2) is 0 Å². The first kappa shape index (κ1) is 54.7. The number of anilines is 7. The molecule has 8 heterocycles. The van der Waals surface area contributed by atoms with E-state index in [0.717, 1.165) is 28.6 Å². The zero-order chi connectivity index (χ0) is 66.3. The second-order valence-corrected chi connectivity index (χ2v) is 31.5. The predicted octanol–water partition coefficient (Wildman–Crippen LogP) is 23.0. The van der Waals surface area contributed by atoms with Gasteiger partial charge in [0.1, 0.15) is 0 Å². The first-order chi connectivity index (χ1) is 50.3. The van der Waals surface area contributed by atoms with Crippen LogP contribution in [0.4, 0.5) is 39.8 Å². The summed E-state index contributed by atoms with van der Waals surface area (Å²) in [7, 11) is 0. The summed E-state index contributed by atoms with van der Waals surface area (Å²) < 4.78 is 14.9. The molecule has 0 fully saturated rings. The molecule has 19 aromatic rings. The Labute approximate surface area is 595 Å². The van der Waals surface area contributed by atoms with Crippen LogP contribution in [0.5, 0.6) is 11.5 Å². The molecular formula is C93H54B2N4OS2. The standard InChI is InChI=1S/C93H54B2N4OS2/c1-93(2)72-39-34-56(42-67(72)63-38-35-60(50-73(63)93)99-77-46-53-19-5-3-17-51(53)43-68(77)70-45-57-21-7-8-22-62(57)89-86(70)94(99)74-26-15-25-66-88(74)97(89)90-65-24-10-14-32-83(65)102-92(66)90)55-33-37-61-58(41-55)48-79-87-85(61)71-44-52-18-4-6-20-54(52)47-78(71)98(59-36-40-84-69(49-59)64-23-9-13-31-82(64)101-84)95(87)75-27-16-30-81-91(75)96(79)76-28-11-12-29-80(76)100-81/h3-50H,1-2H3. The molecule has 470 valence electrons. The van der Waals surface area contributed by atoms with Crippen molar-refractivity contribution in [3.8, 4) is 61.7 Å². The fourth-order valence-corrected chi connectivity index (χ4v) is 21.9. The summed E-state index contributed by atoms with van der Waals surface area (Å²) in [5, 5.41) is 15.1. The molecule has 16 aromatic carbocycles. The molecule has 0 saturated heterocycles. The Bertz CT molecular complexity index is 7160. The van der Waals surface area contributed by atoms with Crippen LogP contribution >= 0.6 is 22.7 Å². The Morgan fingerprint density at radius 1 is 0.333 bits per heavy atom. The highest BCUT2D eigenvalue weighted by molar-refractivity contribution is 7.27. The maximum Gasteiger partial charge on any atom is 0.333 e. The summed E-state index contributed by atoms with van der Waals surface area (Å²) in [6.07, 6.45) is 0. The summed E-state index contributed by atoms with van der Waals surface area (Å²) in [5.41, 5.74) is 29.7. The third kappa shape index (κ3) is 6.91. The van der Waals surface area contributed by atoms with Crippen LogP contribution in [0.1, 0.15) is 25.0 Å². The number of nitrogens with zero attached hydrogens (tertiary/aromatic N) is 4. The van der Waals surface area contributed by atoms with E-state index in [9.17, 15) is 0 Å². The summed E-state index contributed by atoms with van der Waals surface area (Å²) in [6, 6.07) is 111. The van der Waals surface area contributed by atoms with E-state index in [1.807, 2.05) is 22.7 Å². The van der Waals surface area contributed by atoms with Gasteiger partial charge in [-0.1, -0.05) is 196 Å². The monoisotopic (exact) mass is 1330 g/mol. The number of fused-ring (bicyclic) bond motifs is 27. The molecule has 0 saturated carbocycles. The molecular weight excluding hydrogens is 1270 g/mol. The van der Waals surface area contributed by atoms with Gasteiger partial charge in [-0.05, 0) is 213 Å². The molecule has 0 radical (unpaired) electrons. The number of para-hydroxylation sites is 4. The van der Waals surface area contributed by atoms with Gasteiger partial charge in [0.15, 0.2) is 11.5 Å². The van der Waals surface area contributed by atoms with Crippen LogP contribution in [0.25, 0.3) is 145 Å². The molecule has 0 atom stereocenters. The topological polar surface area (TPSA) is 23.9 Å². The Kier molecular flexibility index (Phi) is 10.3. The van der Waals surface area contributed by atoms with Crippen LogP contribution in [0.15, 0.2) is 291 Å².